The summed E-state index contributed by atoms with van der Waals surface area (Å²) in [6, 6.07) is 0. The van der Waals surface area contributed by atoms with Gasteiger partial charge in [0.1, 0.15) is 0 Å². The smallest absolute Gasteiger partial charge is 0.326 e. The Bertz CT molecular complexity index is 97.1. The maximum absolute atomic E-state index is 11.1. The molecule has 3 nitrogen and oxygen atoms in total. The van der Waals surface area contributed by atoms with Crippen LogP contribution in [-0.2, 0) is 0 Å². The Kier molecular flexibility index (Phi) is 3.78. The summed E-state index contributed by atoms with van der Waals surface area (Å²) in [5.41, 5.74) is 0. The molecule has 0 atom stereocenters. The molecule has 0 radical (unpaired) electrons. The Morgan fingerprint density at radius 3 is 2.44 bits per heavy atom. The van der Waals surface area contributed by atoms with E-state index < -0.39 is 18.0 Å². The monoisotopic (exact) mass is 142 g/mol. The summed E-state index contributed by atoms with van der Waals surface area (Å²) in [6.45, 7) is -1.06. The minimum absolute atomic E-state index is 0.387. The zero-order valence-corrected chi connectivity index (χ0v) is 4.40. The number of carbonyl (C=O) groups excluding carboxylic acids is 1. The van der Waals surface area contributed by atoms with Gasteiger partial charge in [0.2, 0.25) is 0 Å². The van der Waals surface area contributed by atoms with Crippen LogP contribution in [0.2, 0.25) is 0 Å². The lowest BCUT2D eigenvalue weighted by atomic mass is 10.6. The van der Waals surface area contributed by atoms with Gasteiger partial charge in [-0.25, -0.2) is 4.79 Å². The molecule has 0 fully saturated rings. The maximum Gasteiger partial charge on any atom is 0.397 e. The number of nitrogens with zero attached hydrogens (tertiary/aromatic N) is 1. The molecule has 0 aromatic rings. The van der Waals surface area contributed by atoms with E-state index in [0.717, 1.165) is 0 Å². The van der Waals surface area contributed by atoms with Gasteiger partial charge in [-0.15, -0.1) is 13.4 Å². The number of nitrogens with one attached hydrogen (secondary N) is 1. The quantitative estimate of drug-likeness (QED) is 0.358. The Balaban J connectivity index is 3.01. The van der Waals surface area contributed by atoms with Gasteiger partial charge in [0.15, 0.2) is 0 Å². The summed E-state index contributed by atoms with van der Waals surface area (Å²) in [7, 11) is 0. The van der Waals surface area contributed by atoms with Crippen LogP contribution in [0.15, 0.2) is 0 Å². The first-order valence-corrected chi connectivity index (χ1v) is 2.15. The van der Waals surface area contributed by atoms with Gasteiger partial charge in [-0.1, -0.05) is 0 Å². The van der Waals surface area contributed by atoms with Crippen LogP contribution in [0.3, 0.4) is 0 Å². The highest BCUT2D eigenvalue weighted by atomic mass is 19.4. The third-order valence-electron chi connectivity index (χ3n) is 0.545. The number of hydrogen-bond donors (Lipinski definition) is 1. The van der Waals surface area contributed by atoms with Crippen molar-refractivity contribution in [3.8, 4) is 0 Å². The van der Waals surface area contributed by atoms with Gasteiger partial charge < -0.3 is 5.32 Å². The van der Waals surface area contributed by atoms with Crippen LogP contribution in [0, 0.1) is 0 Å². The molecule has 1 N–H and O–H groups in total. The highest BCUT2D eigenvalue weighted by Crippen LogP contribution is 1.84. The Morgan fingerprint density at radius 1 is 1.56 bits per heavy atom. The zero-order chi connectivity index (χ0) is 7.28. The van der Waals surface area contributed by atoms with Crippen LogP contribution >= 0.6 is 0 Å². The SMILES string of the molecule is O=C(F)NCCN(F)F. The Hall–Kier alpha value is -0.780. The lowest BCUT2D eigenvalue weighted by Crippen LogP contribution is -2.25. The van der Waals surface area contributed by atoms with E-state index in [9.17, 15) is 18.1 Å². The van der Waals surface area contributed by atoms with Crippen molar-refractivity contribution in [2.45, 2.75) is 0 Å². The van der Waals surface area contributed by atoms with E-state index in [2.05, 4.69) is 0 Å². The van der Waals surface area contributed by atoms with Crippen molar-refractivity contribution in [2.75, 3.05) is 13.1 Å². The average Bonchev–Trinajstić information content (AvgIpc) is 1.63. The van der Waals surface area contributed by atoms with Crippen molar-refractivity contribution in [1.82, 2.24) is 10.7 Å². The number of rotatable bonds is 3. The molecule has 0 aliphatic carbocycles. The van der Waals surface area contributed by atoms with E-state index in [0.29, 0.717) is 0 Å². The summed E-state index contributed by atoms with van der Waals surface area (Å²) >= 11 is 0. The fraction of sp³-hybridized carbons (Fsp3) is 0.667. The van der Waals surface area contributed by atoms with Gasteiger partial charge in [0.05, 0.1) is 6.54 Å². The minimum Gasteiger partial charge on any atom is -0.326 e. The minimum atomic E-state index is -1.79. The molecule has 9 heavy (non-hydrogen) atoms. The van der Waals surface area contributed by atoms with E-state index in [4.69, 9.17) is 0 Å². The topological polar surface area (TPSA) is 32.3 Å². The molecule has 0 saturated carbocycles. The predicted molar refractivity (Wildman–Crippen MR) is 23.4 cm³/mol. The van der Waals surface area contributed by atoms with Crippen molar-refractivity contribution in [1.29, 1.82) is 0 Å². The summed E-state index contributed by atoms with van der Waals surface area (Å²) in [4.78, 5) is 9.38. The molecule has 0 aliphatic rings. The number of carbonyl (C=O) groups is 1. The van der Waals surface area contributed by atoms with Crippen LogP contribution in [-0.4, -0.2) is 24.6 Å². The van der Waals surface area contributed by atoms with Crippen LogP contribution in [0.4, 0.5) is 18.1 Å². The Morgan fingerprint density at radius 2 is 2.11 bits per heavy atom. The first-order valence-electron chi connectivity index (χ1n) is 2.15. The van der Waals surface area contributed by atoms with Gasteiger partial charge in [0, 0.05) is 11.9 Å². The molecule has 0 aromatic heterocycles. The van der Waals surface area contributed by atoms with E-state index >= 15 is 0 Å². The fourth-order valence-electron chi connectivity index (χ4n) is 0.239. The lowest BCUT2D eigenvalue weighted by molar-refractivity contribution is -0.150. The van der Waals surface area contributed by atoms with E-state index in [1.165, 1.54) is 0 Å². The molecule has 0 aliphatic heterocycles. The molecular weight excluding hydrogens is 137 g/mol. The number of amides is 1. The first-order chi connectivity index (χ1) is 4.13. The highest BCUT2D eigenvalue weighted by Gasteiger charge is 1.99. The number of hydrogen-bond acceptors (Lipinski definition) is 2. The van der Waals surface area contributed by atoms with E-state index in [-0.39, 0.29) is 6.54 Å². The summed E-state index contributed by atoms with van der Waals surface area (Å²) in [6.07, 6.45) is -1.79. The van der Waals surface area contributed by atoms with E-state index in [1.54, 1.807) is 5.32 Å². The van der Waals surface area contributed by atoms with Crippen LogP contribution < -0.4 is 5.32 Å². The predicted octanol–water partition coefficient (Wildman–Crippen LogP) is 0.736. The summed E-state index contributed by atoms with van der Waals surface area (Å²) in [5, 5.41) is 0.407. The summed E-state index contributed by atoms with van der Waals surface area (Å²) in [5.74, 6) is 0. The van der Waals surface area contributed by atoms with E-state index in [1.807, 2.05) is 0 Å². The van der Waals surface area contributed by atoms with Gasteiger partial charge in [-0.2, -0.15) is 0 Å². The molecule has 0 spiro atoms. The maximum atomic E-state index is 11.1. The molecule has 0 rings (SSSR count). The fourth-order valence-corrected chi connectivity index (χ4v) is 0.239. The lowest BCUT2D eigenvalue weighted by Gasteiger charge is -1.98. The molecule has 6 heteroatoms. The highest BCUT2D eigenvalue weighted by molar-refractivity contribution is 5.65. The molecule has 0 aromatic carbocycles. The molecule has 54 valence electrons. The van der Waals surface area contributed by atoms with Gasteiger partial charge in [0.25, 0.3) is 0 Å². The van der Waals surface area contributed by atoms with Crippen molar-refractivity contribution >= 4 is 6.16 Å². The standard InChI is InChI=1S/C3H5F3N2O/c4-3(9)7-1-2-8(5)6/h1-2H2,(H,7,9). The molecule has 0 unspecified atom stereocenters. The van der Waals surface area contributed by atoms with Gasteiger partial charge in [-0.05, 0) is 0 Å². The summed E-state index contributed by atoms with van der Waals surface area (Å²) < 4.78 is 33.2. The van der Waals surface area contributed by atoms with Crippen molar-refractivity contribution in [3.63, 3.8) is 0 Å². The van der Waals surface area contributed by atoms with Gasteiger partial charge >= 0.3 is 6.16 Å². The second-order valence-electron chi connectivity index (χ2n) is 1.23. The molecular formula is C3H5F3N2O. The van der Waals surface area contributed by atoms with Gasteiger partial charge in [-0.3, -0.25) is 0 Å². The van der Waals surface area contributed by atoms with Crippen LogP contribution in [0.5, 0.6) is 0 Å². The molecule has 0 bridgehead atoms. The Labute approximate surface area is 49.3 Å². The van der Waals surface area contributed by atoms with Crippen molar-refractivity contribution in [2.24, 2.45) is 0 Å². The first kappa shape index (κ1) is 8.22. The largest absolute Gasteiger partial charge is 0.397 e. The van der Waals surface area contributed by atoms with Crippen molar-refractivity contribution < 1.29 is 18.1 Å². The van der Waals surface area contributed by atoms with Crippen LogP contribution in [0.25, 0.3) is 0 Å². The average molecular weight is 142 g/mol. The number of halogens is 3. The molecule has 0 heterocycles. The third-order valence-corrected chi connectivity index (χ3v) is 0.545. The normalized spacial score (nSPS) is 9.78. The zero-order valence-electron chi connectivity index (χ0n) is 4.40. The second-order valence-corrected chi connectivity index (χ2v) is 1.23. The third kappa shape index (κ3) is 7.22. The second kappa shape index (κ2) is 4.13. The molecule has 0 saturated heterocycles. The molecule has 1 amide bonds. The van der Waals surface area contributed by atoms with Crippen LogP contribution in [0.1, 0.15) is 0 Å². The van der Waals surface area contributed by atoms with Crippen molar-refractivity contribution in [3.05, 3.63) is 0 Å².